The Morgan fingerprint density at radius 2 is 1.80 bits per heavy atom. The Labute approximate surface area is 118 Å². The minimum atomic E-state index is 0.736. The molecule has 20 heavy (non-hydrogen) atoms. The molecule has 0 aliphatic heterocycles. The van der Waals surface area contributed by atoms with Gasteiger partial charge in [0, 0.05) is 11.1 Å². The maximum absolute atomic E-state index is 6.03. The molecule has 3 aromatic rings. The number of nitrogens with two attached hydrogens (primary N) is 1. The Bertz CT molecular complexity index is 778. The molecule has 100 valence electrons. The molecule has 0 spiro atoms. The summed E-state index contributed by atoms with van der Waals surface area (Å²) in [4.78, 5) is 4.62. The van der Waals surface area contributed by atoms with Crippen LogP contribution in [0.2, 0.25) is 0 Å². The molecule has 1 heterocycles. The van der Waals surface area contributed by atoms with Crippen molar-refractivity contribution in [2.45, 2.75) is 13.8 Å². The third kappa shape index (κ3) is 2.30. The standard InChI is InChI=1S/C17H17N3/c1-11-6-9-14(18)16(10-11)20-15-5-3-4-13-8-7-12(2)19-17(13)15/h3-10,20H,18H2,1-2H3. The molecule has 3 rings (SSSR count). The molecular weight excluding hydrogens is 246 g/mol. The number of pyridine rings is 1. The molecule has 0 bridgehead atoms. The highest BCUT2D eigenvalue weighted by Crippen LogP contribution is 2.28. The quantitative estimate of drug-likeness (QED) is 0.682. The minimum absolute atomic E-state index is 0.736. The fourth-order valence-corrected chi connectivity index (χ4v) is 2.27. The zero-order valence-electron chi connectivity index (χ0n) is 11.6. The molecule has 0 aliphatic rings. The predicted octanol–water partition coefficient (Wildman–Crippen LogP) is 4.18. The van der Waals surface area contributed by atoms with Gasteiger partial charge in [-0.2, -0.15) is 0 Å². The van der Waals surface area contributed by atoms with Gasteiger partial charge in [0.1, 0.15) is 0 Å². The number of hydrogen-bond acceptors (Lipinski definition) is 3. The van der Waals surface area contributed by atoms with Crippen molar-refractivity contribution in [3.63, 3.8) is 0 Å². The van der Waals surface area contributed by atoms with E-state index in [1.54, 1.807) is 0 Å². The minimum Gasteiger partial charge on any atom is -0.397 e. The number of benzene rings is 2. The molecule has 0 amide bonds. The second-order valence-corrected chi connectivity index (χ2v) is 5.05. The Balaban J connectivity index is 2.10. The van der Waals surface area contributed by atoms with E-state index in [0.717, 1.165) is 33.7 Å². The van der Waals surface area contributed by atoms with Gasteiger partial charge in [-0.25, -0.2) is 0 Å². The Kier molecular flexibility index (Phi) is 3.03. The second kappa shape index (κ2) is 4.85. The lowest BCUT2D eigenvalue weighted by molar-refractivity contribution is 1.25. The zero-order chi connectivity index (χ0) is 14.1. The van der Waals surface area contributed by atoms with Crippen LogP contribution in [0.5, 0.6) is 0 Å². The largest absolute Gasteiger partial charge is 0.397 e. The first-order valence-electron chi connectivity index (χ1n) is 6.63. The van der Waals surface area contributed by atoms with E-state index in [1.165, 1.54) is 5.56 Å². The monoisotopic (exact) mass is 263 g/mol. The van der Waals surface area contributed by atoms with Crippen molar-refractivity contribution in [1.29, 1.82) is 0 Å². The van der Waals surface area contributed by atoms with Gasteiger partial charge in [-0.3, -0.25) is 4.98 Å². The zero-order valence-corrected chi connectivity index (χ0v) is 11.6. The van der Waals surface area contributed by atoms with Crippen LogP contribution in [0.1, 0.15) is 11.3 Å². The van der Waals surface area contributed by atoms with Crippen LogP contribution < -0.4 is 11.1 Å². The van der Waals surface area contributed by atoms with Gasteiger partial charge in [0.15, 0.2) is 0 Å². The van der Waals surface area contributed by atoms with Crippen LogP contribution in [0.25, 0.3) is 10.9 Å². The third-order valence-electron chi connectivity index (χ3n) is 3.34. The number of rotatable bonds is 2. The number of nitrogen functional groups attached to an aromatic ring is 1. The van der Waals surface area contributed by atoms with Gasteiger partial charge in [-0.05, 0) is 43.7 Å². The van der Waals surface area contributed by atoms with E-state index in [4.69, 9.17) is 5.73 Å². The topological polar surface area (TPSA) is 50.9 Å². The van der Waals surface area contributed by atoms with Gasteiger partial charge in [0.2, 0.25) is 0 Å². The summed E-state index contributed by atoms with van der Waals surface area (Å²) in [7, 11) is 0. The number of para-hydroxylation sites is 1. The van der Waals surface area contributed by atoms with Crippen LogP contribution in [-0.4, -0.2) is 4.98 Å². The maximum Gasteiger partial charge on any atom is 0.0939 e. The normalized spacial score (nSPS) is 10.7. The number of hydrogen-bond donors (Lipinski definition) is 2. The average Bonchev–Trinajstić information content (AvgIpc) is 2.43. The van der Waals surface area contributed by atoms with Crippen molar-refractivity contribution in [3.05, 3.63) is 59.8 Å². The highest BCUT2D eigenvalue weighted by Gasteiger charge is 2.05. The van der Waals surface area contributed by atoms with E-state index in [0.29, 0.717) is 0 Å². The highest BCUT2D eigenvalue weighted by molar-refractivity contribution is 5.93. The summed E-state index contributed by atoms with van der Waals surface area (Å²) in [6.45, 7) is 4.05. The number of anilines is 3. The molecule has 3 heteroatoms. The molecule has 2 aromatic carbocycles. The molecule has 3 nitrogen and oxygen atoms in total. The fourth-order valence-electron chi connectivity index (χ4n) is 2.27. The molecule has 0 atom stereocenters. The summed E-state index contributed by atoms with van der Waals surface area (Å²) < 4.78 is 0. The van der Waals surface area contributed by atoms with Crippen molar-refractivity contribution in [2.24, 2.45) is 0 Å². The first-order valence-corrected chi connectivity index (χ1v) is 6.63. The van der Waals surface area contributed by atoms with Crippen LogP contribution in [0, 0.1) is 13.8 Å². The van der Waals surface area contributed by atoms with E-state index in [-0.39, 0.29) is 0 Å². The number of nitrogens with one attached hydrogen (secondary N) is 1. The SMILES string of the molecule is Cc1ccc(N)c(Nc2cccc3ccc(C)nc23)c1. The van der Waals surface area contributed by atoms with E-state index in [9.17, 15) is 0 Å². The molecule has 0 saturated heterocycles. The number of fused-ring (bicyclic) bond motifs is 1. The van der Waals surface area contributed by atoms with E-state index >= 15 is 0 Å². The number of aromatic nitrogens is 1. The molecule has 0 unspecified atom stereocenters. The van der Waals surface area contributed by atoms with Crippen LogP contribution in [0.15, 0.2) is 48.5 Å². The summed E-state index contributed by atoms with van der Waals surface area (Å²) in [6, 6.07) is 16.2. The molecule has 1 aromatic heterocycles. The van der Waals surface area contributed by atoms with Crippen LogP contribution >= 0.6 is 0 Å². The van der Waals surface area contributed by atoms with Gasteiger partial charge < -0.3 is 11.1 Å². The van der Waals surface area contributed by atoms with Gasteiger partial charge in [0.05, 0.1) is 22.6 Å². The predicted molar refractivity (Wildman–Crippen MR) is 85.4 cm³/mol. The molecule has 0 aliphatic carbocycles. The molecule has 0 saturated carbocycles. The molecule has 0 fully saturated rings. The first-order chi connectivity index (χ1) is 9.63. The van der Waals surface area contributed by atoms with Crippen molar-refractivity contribution >= 4 is 28.0 Å². The second-order valence-electron chi connectivity index (χ2n) is 5.05. The highest BCUT2D eigenvalue weighted by atomic mass is 14.9. The Hall–Kier alpha value is -2.55. The van der Waals surface area contributed by atoms with E-state index in [1.807, 2.05) is 43.3 Å². The lowest BCUT2D eigenvalue weighted by Crippen LogP contribution is -1.98. The van der Waals surface area contributed by atoms with Crippen LogP contribution in [0.3, 0.4) is 0 Å². The van der Waals surface area contributed by atoms with Crippen molar-refractivity contribution < 1.29 is 0 Å². The summed E-state index contributed by atoms with van der Waals surface area (Å²) in [5, 5.41) is 4.51. The van der Waals surface area contributed by atoms with Crippen molar-refractivity contribution in [1.82, 2.24) is 4.98 Å². The fraction of sp³-hybridized carbons (Fsp3) is 0.118. The first kappa shape index (κ1) is 12.5. The smallest absolute Gasteiger partial charge is 0.0939 e. The van der Waals surface area contributed by atoms with Gasteiger partial charge in [-0.15, -0.1) is 0 Å². The Morgan fingerprint density at radius 1 is 0.950 bits per heavy atom. The third-order valence-corrected chi connectivity index (χ3v) is 3.34. The van der Waals surface area contributed by atoms with Crippen molar-refractivity contribution in [3.8, 4) is 0 Å². The molecular formula is C17H17N3. The lowest BCUT2D eigenvalue weighted by atomic mass is 10.1. The summed E-state index contributed by atoms with van der Waals surface area (Å²) >= 11 is 0. The average molecular weight is 263 g/mol. The Morgan fingerprint density at radius 3 is 2.65 bits per heavy atom. The van der Waals surface area contributed by atoms with Crippen LogP contribution in [0.4, 0.5) is 17.1 Å². The number of nitrogens with zero attached hydrogens (tertiary/aromatic N) is 1. The van der Waals surface area contributed by atoms with Crippen LogP contribution in [-0.2, 0) is 0 Å². The van der Waals surface area contributed by atoms with Gasteiger partial charge in [0.25, 0.3) is 0 Å². The van der Waals surface area contributed by atoms with Crippen molar-refractivity contribution in [2.75, 3.05) is 11.1 Å². The summed E-state index contributed by atoms with van der Waals surface area (Å²) in [5.41, 5.74) is 11.8. The lowest BCUT2D eigenvalue weighted by Gasteiger charge is -2.12. The van der Waals surface area contributed by atoms with E-state index in [2.05, 4.69) is 29.4 Å². The molecule has 3 N–H and O–H groups in total. The summed E-state index contributed by atoms with van der Waals surface area (Å²) in [6.07, 6.45) is 0. The maximum atomic E-state index is 6.03. The van der Waals surface area contributed by atoms with Gasteiger partial charge >= 0.3 is 0 Å². The van der Waals surface area contributed by atoms with E-state index < -0.39 is 0 Å². The van der Waals surface area contributed by atoms with Gasteiger partial charge in [-0.1, -0.05) is 24.3 Å². The number of aryl methyl sites for hydroxylation is 2. The molecule has 0 radical (unpaired) electrons. The summed E-state index contributed by atoms with van der Waals surface area (Å²) in [5.74, 6) is 0.